The molecule has 2 fully saturated rings. The second kappa shape index (κ2) is 6.51. The van der Waals surface area contributed by atoms with Gasteiger partial charge >= 0.3 is 0 Å². The van der Waals surface area contributed by atoms with Crippen LogP contribution in [0.2, 0.25) is 0 Å². The molecular formula is C20H25N3O2S. The summed E-state index contributed by atoms with van der Waals surface area (Å²) in [6.45, 7) is 5.80. The molecule has 0 radical (unpaired) electrons. The second-order valence-electron chi connectivity index (χ2n) is 7.87. The van der Waals surface area contributed by atoms with Crippen molar-refractivity contribution >= 4 is 16.5 Å². The molecule has 1 aromatic carbocycles. The zero-order valence-electron chi connectivity index (χ0n) is 14.9. The van der Waals surface area contributed by atoms with Crippen molar-refractivity contribution in [3.63, 3.8) is 0 Å². The van der Waals surface area contributed by atoms with E-state index in [0.29, 0.717) is 12.5 Å². The number of aromatic nitrogens is 1. The monoisotopic (exact) mass is 371 g/mol. The highest BCUT2D eigenvalue weighted by molar-refractivity contribution is 7.15. The van der Waals surface area contributed by atoms with E-state index in [4.69, 9.17) is 4.74 Å². The quantitative estimate of drug-likeness (QED) is 0.896. The molecule has 0 unspecified atom stereocenters. The van der Waals surface area contributed by atoms with Crippen molar-refractivity contribution < 1.29 is 9.84 Å². The van der Waals surface area contributed by atoms with E-state index in [1.54, 1.807) is 0 Å². The third-order valence-electron chi connectivity index (χ3n) is 6.14. The highest BCUT2D eigenvalue weighted by Crippen LogP contribution is 2.49. The Balaban J connectivity index is 1.34. The van der Waals surface area contributed by atoms with Crippen molar-refractivity contribution in [2.75, 3.05) is 44.3 Å². The number of nitrogens with zero attached hydrogens (tertiary/aromatic N) is 3. The Morgan fingerprint density at radius 3 is 2.96 bits per heavy atom. The normalized spacial score (nSPS) is 28.0. The van der Waals surface area contributed by atoms with Gasteiger partial charge in [0, 0.05) is 55.1 Å². The number of hydrogen-bond donors (Lipinski definition) is 1. The zero-order valence-corrected chi connectivity index (χ0v) is 15.7. The fourth-order valence-corrected chi connectivity index (χ4v) is 5.74. The first-order valence-corrected chi connectivity index (χ1v) is 10.3. The lowest BCUT2D eigenvalue weighted by atomic mass is 9.74. The topological polar surface area (TPSA) is 48.8 Å². The summed E-state index contributed by atoms with van der Waals surface area (Å²) in [6.07, 6.45) is 4.60. The number of para-hydroxylation sites is 1. The van der Waals surface area contributed by atoms with Gasteiger partial charge in [-0.2, -0.15) is 0 Å². The van der Waals surface area contributed by atoms with Gasteiger partial charge in [-0.25, -0.2) is 4.98 Å². The molecule has 2 aromatic rings. The highest BCUT2D eigenvalue weighted by atomic mass is 32.1. The smallest absolute Gasteiger partial charge is 0.185 e. The maximum absolute atomic E-state index is 10.2. The Morgan fingerprint density at radius 2 is 2.12 bits per heavy atom. The molecule has 1 N–H and O–H groups in total. The van der Waals surface area contributed by atoms with Gasteiger partial charge in [0.1, 0.15) is 5.75 Å². The molecule has 4 heterocycles. The maximum atomic E-state index is 10.2. The summed E-state index contributed by atoms with van der Waals surface area (Å²) in [5.74, 6) is 1.32. The van der Waals surface area contributed by atoms with Crippen LogP contribution in [0.3, 0.4) is 0 Å². The Hall–Kier alpha value is -1.63. The fourth-order valence-electron chi connectivity index (χ4n) is 4.74. The molecule has 0 bridgehead atoms. The summed E-state index contributed by atoms with van der Waals surface area (Å²) in [7, 11) is 0. The second-order valence-corrected chi connectivity index (χ2v) is 8.97. The lowest BCUT2D eigenvalue weighted by Crippen LogP contribution is -2.42. The predicted molar refractivity (Wildman–Crippen MR) is 103 cm³/mol. The molecule has 0 aliphatic carbocycles. The van der Waals surface area contributed by atoms with Crippen LogP contribution in [0.15, 0.2) is 30.5 Å². The standard InChI is InChI=1S/C20H25N3O2S/c24-13-20-12-22(10-15-9-21-19(26-15)23-7-3-4-8-23)11-17(20)16-5-1-2-6-18(16)25-14-20/h1-2,5-6,9,17,24H,3-4,7-8,10-14H2/t17-,20-/m1/s1. The fraction of sp³-hybridized carbons (Fsp3) is 0.550. The van der Waals surface area contributed by atoms with Gasteiger partial charge in [0.2, 0.25) is 0 Å². The number of fused-ring (bicyclic) bond motifs is 3. The van der Waals surface area contributed by atoms with E-state index in [1.807, 2.05) is 29.7 Å². The third-order valence-corrected chi connectivity index (χ3v) is 7.18. The molecule has 5 nitrogen and oxygen atoms in total. The van der Waals surface area contributed by atoms with Crippen LogP contribution in [-0.2, 0) is 6.54 Å². The molecule has 1 aromatic heterocycles. The number of benzene rings is 1. The first-order chi connectivity index (χ1) is 12.8. The Bertz CT molecular complexity index is 789. The average molecular weight is 372 g/mol. The predicted octanol–water partition coefficient (Wildman–Crippen LogP) is 2.71. The Labute approximate surface area is 158 Å². The van der Waals surface area contributed by atoms with Crippen LogP contribution in [-0.4, -0.2) is 54.4 Å². The number of rotatable bonds is 4. The average Bonchev–Trinajstić information content (AvgIpc) is 3.41. The van der Waals surface area contributed by atoms with Gasteiger partial charge in [-0.3, -0.25) is 4.90 Å². The lowest BCUT2D eigenvalue weighted by Gasteiger charge is -2.38. The van der Waals surface area contributed by atoms with E-state index in [9.17, 15) is 5.11 Å². The van der Waals surface area contributed by atoms with Gasteiger partial charge in [0.25, 0.3) is 0 Å². The molecule has 2 saturated heterocycles. The van der Waals surface area contributed by atoms with Crippen LogP contribution < -0.4 is 9.64 Å². The van der Waals surface area contributed by atoms with Crippen LogP contribution in [0.25, 0.3) is 0 Å². The summed E-state index contributed by atoms with van der Waals surface area (Å²) in [6, 6.07) is 8.30. The van der Waals surface area contributed by atoms with Gasteiger partial charge in [0.05, 0.1) is 13.2 Å². The van der Waals surface area contributed by atoms with Crippen molar-refractivity contribution in [3.05, 3.63) is 40.9 Å². The number of ether oxygens (including phenoxy) is 1. The van der Waals surface area contributed by atoms with Crippen molar-refractivity contribution in [2.24, 2.45) is 5.41 Å². The maximum Gasteiger partial charge on any atom is 0.185 e. The summed E-state index contributed by atoms with van der Waals surface area (Å²) >= 11 is 1.82. The molecule has 0 spiro atoms. The van der Waals surface area contributed by atoms with E-state index in [2.05, 4.69) is 26.9 Å². The molecule has 138 valence electrons. The molecule has 5 rings (SSSR count). The minimum Gasteiger partial charge on any atom is -0.493 e. The van der Waals surface area contributed by atoms with Gasteiger partial charge < -0.3 is 14.7 Å². The van der Waals surface area contributed by atoms with E-state index >= 15 is 0 Å². The third kappa shape index (κ3) is 2.71. The van der Waals surface area contributed by atoms with Crippen LogP contribution in [0, 0.1) is 5.41 Å². The van der Waals surface area contributed by atoms with Crippen LogP contribution in [0.1, 0.15) is 29.2 Å². The van der Waals surface area contributed by atoms with Gasteiger partial charge in [-0.1, -0.05) is 18.2 Å². The molecule has 6 heteroatoms. The number of aliphatic hydroxyl groups excluding tert-OH is 1. The SMILES string of the molecule is OC[C@]12COc3ccccc3[C@H]1CN(Cc1cnc(N3CCCC3)s1)C2. The van der Waals surface area contributed by atoms with E-state index in [1.165, 1.54) is 28.4 Å². The molecule has 3 aliphatic heterocycles. The summed E-state index contributed by atoms with van der Waals surface area (Å²) in [5, 5.41) is 11.4. The highest BCUT2D eigenvalue weighted by Gasteiger charge is 2.50. The Kier molecular flexibility index (Phi) is 4.14. The molecular weight excluding hydrogens is 346 g/mol. The summed E-state index contributed by atoms with van der Waals surface area (Å²) in [5.41, 5.74) is 1.06. The van der Waals surface area contributed by atoms with Crippen molar-refractivity contribution in [2.45, 2.75) is 25.3 Å². The van der Waals surface area contributed by atoms with Crippen molar-refractivity contribution in [1.29, 1.82) is 0 Å². The van der Waals surface area contributed by atoms with E-state index in [0.717, 1.165) is 38.5 Å². The number of likely N-dealkylation sites (tertiary alicyclic amines) is 1. The van der Waals surface area contributed by atoms with Crippen LogP contribution in [0.4, 0.5) is 5.13 Å². The zero-order chi connectivity index (χ0) is 17.6. The first-order valence-electron chi connectivity index (χ1n) is 9.52. The number of aliphatic hydroxyl groups is 1. The van der Waals surface area contributed by atoms with E-state index in [-0.39, 0.29) is 12.0 Å². The van der Waals surface area contributed by atoms with Crippen molar-refractivity contribution in [1.82, 2.24) is 9.88 Å². The minimum atomic E-state index is -0.184. The van der Waals surface area contributed by atoms with Crippen molar-refractivity contribution in [3.8, 4) is 5.75 Å². The lowest BCUT2D eigenvalue weighted by molar-refractivity contribution is 0.0458. The molecule has 0 saturated carbocycles. The number of anilines is 1. The largest absolute Gasteiger partial charge is 0.493 e. The minimum absolute atomic E-state index is 0.171. The van der Waals surface area contributed by atoms with Crippen LogP contribution in [0.5, 0.6) is 5.75 Å². The first kappa shape index (κ1) is 16.5. The molecule has 3 aliphatic rings. The number of hydrogen-bond acceptors (Lipinski definition) is 6. The summed E-state index contributed by atoms with van der Waals surface area (Å²) < 4.78 is 6.00. The molecule has 26 heavy (non-hydrogen) atoms. The van der Waals surface area contributed by atoms with Crippen LogP contribution >= 0.6 is 11.3 Å². The van der Waals surface area contributed by atoms with E-state index < -0.39 is 0 Å². The van der Waals surface area contributed by atoms with Gasteiger partial charge in [0.15, 0.2) is 5.13 Å². The summed E-state index contributed by atoms with van der Waals surface area (Å²) in [4.78, 5) is 10.8. The Morgan fingerprint density at radius 1 is 1.27 bits per heavy atom. The van der Waals surface area contributed by atoms with Gasteiger partial charge in [-0.15, -0.1) is 11.3 Å². The molecule has 2 atom stereocenters. The molecule has 0 amide bonds. The van der Waals surface area contributed by atoms with Gasteiger partial charge in [-0.05, 0) is 24.5 Å². The number of thiazole rings is 1.